The normalized spacial score (nSPS) is 13.2. The molecule has 0 fully saturated rings. The average molecular weight is 249 g/mol. The number of hydrogen-bond donors (Lipinski definition) is 1. The molecule has 0 saturated heterocycles. The first-order valence-corrected chi connectivity index (χ1v) is 6.79. The van der Waals surface area contributed by atoms with Gasteiger partial charge in [-0.15, -0.1) is 11.3 Å². The molecule has 2 aromatic rings. The van der Waals surface area contributed by atoms with Crippen molar-refractivity contribution in [3.63, 3.8) is 0 Å². The van der Waals surface area contributed by atoms with Gasteiger partial charge in [-0.3, -0.25) is 0 Å². The summed E-state index contributed by atoms with van der Waals surface area (Å²) in [7, 11) is 0. The Labute approximate surface area is 106 Å². The lowest BCUT2D eigenvalue weighted by atomic mass is 10.2. The van der Waals surface area contributed by atoms with Crippen LogP contribution in [0.4, 0.5) is 0 Å². The van der Waals surface area contributed by atoms with Gasteiger partial charge in [-0.05, 0) is 18.6 Å². The Morgan fingerprint density at radius 1 is 1.41 bits per heavy atom. The van der Waals surface area contributed by atoms with E-state index in [9.17, 15) is 0 Å². The molecule has 0 bridgehead atoms. The van der Waals surface area contributed by atoms with E-state index in [0.29, 0.717) is 5.92 Å². The molecule has 0 aromatic carbocycles. The van der Waals surface area contributed by atoms with Crippen LogP contribution in [0.1, 0.15) is 49.0 Å². The topological polar surface area (TPSA) is 43.8 Å². The highest BCUT2D eigenvalue weighted by atomic mass is 32.1. The van der Waals surface area contributed by atoms with Crippen LogP contribution in [0, 0.1) is 0 Å². The number of aromatic nitrogens is 2. The second-order valence-corrected chi connectivity index (χ2v) is 5.63. The molecule has 0 aliphatic carbocycles. The number of nitrogens with two attached hydrogens (primary N) is 1. The zero-order valence-electron chi connectivity index (χ0n) is 10.6. The van der Waals surface area contributed by atoms with Crippen molar-refractivity contribution in [3.05, 3.63) is 40.1 Å². The molecule has 2 heterocycles. The molecule has 2 N–H and O–H groups in total. The van der Waals surface area contributed by atoms with Crippen LogP contribution < -0.4 is 5.73 Å². The van der Waals surface area contributed by atoms with Crippen molar-refractivity contribution in [2.75, 3.05) is 0 Å². The highest BCUT2D eigenvalue weighted by Crippen LogP contribution is 2.20. The third kappa shape index (κ3) is 2.96. The summed E-state index contributed by atoms with van der Waals surface area (Å²) >= 11 is 1.74. The fourth-order valence-electron chi connectivity index (χ4n) is 1.67. The molecule has 0 amide bonds. The molecule has 4 heteroatoms. The first kappa shape index (κ1) is 12.3. The largest absolute Gasteiger partial charge is 0.348 e. The minimum absolute atomic E-state index is 0.0953. The summed E-state index contributed by atoms with van der Waals surface area (Å²) in [5.41, 5.74) is 8.14. The van der Waals surface area contributed by atoms with Gasteiger partial charge in [0.25, 0.3) is 0 Å². The van der Waals surface area contributed by atoms with Gasteiger partial charge >= 0.3 is 0 Å². The SMILES string of the molecule is CC(C)c1nc(Cn2ccc(C(C)N)c2)cs1. The molecule has 92 valence electrons. The monoisotopic (exact) mass is 249 g/mol. The van der Waals surface area contributed by atoms with Crippen molar-refractivity contribution in [3.8, 4) is 0 Å². The Hall–Kier alpha value is -1.13. The van der Waals surface area contributed by atoms with E-state index >= 15 is 0 Å². The minimum atomic E-state index is 0.0953. The van der Waals surface area contributed by atoms with Gasteiger partial charge in [0, 0.05) is 29.7 Å². The standard InChI is InChI=1S/C13H19N3S/c1-9(2)13-15-12(8-17-13)7-16-5-4-11(6-16)10(3)14/h4-6,8-10H,7,14H2,1-3H3. The van der Waals surface area contributed by atoms with Crippen LogP contribution in [-0.4, -0.2) is 9.55 Å². The molecule has 3 nitrogen and oxygen atoms in total. The summed E-state index contributed by atoms with van der Waals surface area (Å²) < 4.78 is 2.14. The number of thiazole rings is 1. The van der Waals surface area contributed by atoms with Crippen molar-refractivity contribution in [1.29, 1.82) is 0 Å². The Balaban J connectivity index is 2.08. The fourth-order valence-corrected chi connectivity index (χ4v) is 2.50. The third-order valence-corrected chi connectivity index (χ3v) is 3.90. The van der Waals surface area contributed by atoms with Gasteiger partial charge < -0.3 is 10.3 Å². The Kier molecular flexibility index (Phi) is 3.64. The molecule has 2 aromatic heterocycles. The van der Waals surface area contributed by atoms with Gasteiger partial charge in [0.1, 0.15) is 0 Å². The van der Waals surface area contributed by atoms with Gasteiger partial charge in [0.15, 0.2) is 0 Å². The lowest BCUT2D eigenvalue weighted by molar-refractivity contribution is 0.755. The zero-order chi connectivity index (χ0) is 12.4. The van der Waals surface area contributed by atoms with Crippen LogP contribution in [0.15, 0.2) is 23.8 Å². The second kappa shape index (κ2) is 5.02. The first-order valence-electron chi connectivity index (χ1n) is 5.92. The van der Waals surface area contributed by atoms with Crippen LogP contribution >= 0.6 is 11.3 Å². The maximum Gasteiger partial charge on any atom is 0.0954 e. The van der Waals surface area contributed by atoms with Crippen molar-refractivity contribution < 1.29 is 0 Å². The highest BCUT2D eigenvalue weighted by molar-refractivity contribution is 7.09. The molecular formula is C13H19N3S. The lowest BCUT2D eigenvalue weighted by Crippen LogP contribution is -2.04. The summed E-state index contributed by atoms with van der Waals surface area (Å²) in [6, 6.07) is 2.17. The molecule has 0 aliphatic rings. The van der Waals surface area contributed by atoms with E-state index in [1.165, 1.54) is 10.6 Å². The molecule has 1 atom stereocenters. The van der Waals surface area contributed by atoms with Crippen LogP contribution in [0.3, 0.4) is 0 Å². The molecule has 2 rings (SSSR count). The smallest absolute Gasteiger partial charge is 0.0954 e. The lowest BCUT2D eigenvalue weighted by Gasteiger charge is -2.01. The summed E-state index contributed by atoms with van der Waals surface area (Å²) in [6.07, 6.45) is 4.16. The molecule has 0 radical (unpaired) electrons. The van der Waals surface area contributed by atoms with Crippen LogP contribution in [0.25, 0.3) is 0 Å². The molecule has 0 aliphatic heterocycles. The summed E-state index contributed by atoms with van der Waals surface area (Å²) in [4.78, 5) is 4.63. The van der Waals surface area contributed by atoms with Crippen LogP contribution in [0.5, 0.6) is 0 Å². The van der Waals surface area contributed by atoms with E-state index < -0.39 is 0 Å². The van der Waals surface area contributed by atoms with Crippen molar-refractivity contribution >= 4 is 11.3 Å². The second-order valence-electron chi connectivity index (χ2n) is 4.74. The molecule has 0 spiro atoms. The number of rotatable bonds is 4. The number of nitrogens with zero attached hydrogens (tertiary/aromatic N) is 2. The number of hydrogen-bond acceptors (Lipinski definition) is 3. The first-order chi connectivity index (χ1) is 8.06. The maximum absolute atomic E-state index is 5.84. The van der Waals surface area contributed by atoms with Crippen molar-refractivity contribution in [2.45, 2.75) is 39.3 Å². The van der Waals surface area contributed by atoms with E-state index in [1.54, 1.807) is 11.3 Å². The van der Waals surface area contributed by atoms with Crippen molar-refractivity contribution in [1.82, 2.24) is 9.55 Å². The predicted molar refractivity (Wildman–Crippen MR) is 72.3 cm³/mol. The third-order valence-electron chi connectivity index (χ3n) is 2.71. The molecule has 0 saturated carbocycles. The van der Waals surface area contributed by atoms with E-state index in [2.05, 4.69) is 47.2 Å². The van der Waals surface area contributed by atoms with E-state index in [4.69, 9.17) is 5.73 Å². The summed E-state index contributed by atoms with van der Waals surface area (Å²) in [5.74, 6) is 0.512. The quantitative estimate of drug-likeness (QED) is 0.904. The Bertz CT molecular complexity index is 438. The fraction of sp³-hybridized carbons (Fsp3) is 0.462. The molecule has 1 unspecified atom stereocenters. The van der Waals surface area contributed by atoms with Crippen molar-refractivity contribution in [2.24, 2.45) is 5.73 Å². The minimum Gasteiger partial charge on any atom is -0.348 e. The van der Waals surface area contributed by atoms with Gasteiger partial charge in [-0.2, -0.15) is 0 Å². The summed E-state index contributed by atoms with van der Waals surface area (Å²) in [6.45, 7) is 7.17. The molecular weight excluding hydrogens is 230 g/mol. The Morgan fingerprint density at radius 2 is 2.18 bits per heavy atom. The van der Waals surface area contributed by atoms with Crippen LogP contribution in [-0.2, 0) is 6.54 Å². The maximum atomic E-state index is 5.84. The van der Waals surface area contributed by atoms with E-state index in [1.807, 2.05) is 6.92 Å². The summed E-state index contributed by atoms with van der Waals surface area (Å²) in [5, 5.41) is 3.35. The Morgan fingerprint density at radius 3 is 2.71 bits per heavy atom. The average Bonchev–Trinajstić information content (AvgIpc) is 2.87. The van der Waals surface area contributed by atoms with Crippen LogP contribution in [0.2, 0.25) is 0 Å². The van der Waals surface area contributed by atoms with E-state index in [0.717, 1.165) is 12.2 Å². The van der Waals surface area contributed by atoms with Gasteiger partial charge in [-0.1, -0.05) is 13.8 Å². The molecule has 17 heavy (non-hydrogen) atoms. The zero-order valence-corrected chi connectivity index (χ0v) is 11.4. The predicted octanol–water partition coefficient (Wildman–Crippen LogP) is 3.14. The highest BCUT2D eigenvalue weighted by Gasteiger charge is 2.07. The van der Waals surface area contributed by atoms with Gasteiger partial charge in [-0.25, -0.2) is 4.98 Å². The van der Waals surface area contributed by atoms with Gasteiger partial charge in [0.2, 0.25) is 0 Å². The van der Waals surface area contributed by atoms with Gasteiger partial charge in [0.05, 0.1) is 17.2 Å². The van der Waals surface area contributed by atoms with E-state index in [-0.39, 0.29) is 6.04 Å².